The molecule has 0 saturated carbocycles. The van der Waals surface area contributed by atoms with Gasteiger partial charge in [0.05, 0.1) is 12.8 Å². The molecule has 2 aromatic carbocycles. The van der Waals surface area contributed by atoms with Crippen LogP contribution in [0.3, 0.4) is 0 Å². The normalized spacial score (nSPS) is 20.1. The first-order valence-corrected chi connectivity index (χ1v) is 9.77. The van der Waals surface area contributed by atoms with E-state index in [2.05, 4.69) is 34.9 Å². The third-order valence-electron chi connectivity index (χ3n) is 5.57. The third kappa shape index (κ3) is 3.16. The summed E-state index contributed by atoms with van der Waals surface area (Å²) in [5.74, 6) is 1.13. The Morgan fingerprint density at radius 1 is 0.963 bits per heavy atom. The zero-order valence-electron chi connectivity index (χ0n) is 16.1. The van der Waals surface area contributed by atoms with E-state index in [1.165, 1.54) is 0 Å². The summed E-state index contributed by atoms with van der Waals surface area (Å²) in [7, 11) is 1.71. The van der Waals surface area contributed by atoms with Crippen molar-refractivity contribution in [3.05, 3.63) is 54.1 Å². The fourth-order valence-electron chi connectivity index (χ4n) is 4.28. The smallest absolute Gasteiger partial charge is 0.249 e. The van der Waals surface area contributed by atoms with Crippen LogP contribution in [0.5, 0.6) is 5.75 Å². The van der Waals surface area contributed by atoms with Gasteiger partial charge in [-0.1, -0.05) is 37.3 Å². The van der Waals surface area contributed by atoms with E-state index < -0.39 is 0 Å². The molecular weight excluding hydrogens is 338 g/mol. The third-order valence-corrected chi connectivity index (χ3v) is 5.57. The highest BCUT2D eigenvalue weighted by Crippen LogP contribution is 2.40. The van der Waals surface area contributed by atoms with Crippen molar-refractivity contribution in [2.45, 2.75) is 19.4 Å². The summed E-state index contributed by atoms with van der Waals surface area (Å²) >= 11 is 0. The Hall–Kier alpha value is -2.53. The van der Waals surface area contributed by atoms with E-state index in [4.69, 9.17) is 4.74 Å². The maximum absolute atomic E-state index is 13.2. The number of carbonyl (C=O) groups is 1. The highest BCUT2D eigenvalue weighted by Gasteiger charge is 2.41. The second-order valence-corrected chi connectivity index (χ2v) is 7.15. The number of piperazine rings is 1. The monoisotopic (exact) mass is 365 g/mol. The van der Waals surface area contributed by atoms with Crippen molar-refractivity contribution in [2.75, 3.05) is 49.6 Å². The van der Waals surface area contributed by atoms with Crippen molar-refractivity contribution in [3.8, 4) is 5.75 Å². The molecule has 2 aromatic rings. The van der Waals surface area contributed by atoms with Crippen LogP contribution in [0.2, 0.25) is 0 Å². The molecule has 0 aromatic heterocycles. The van der Waals surface area contributed by atoms with Crippen LogP contribution >= 0.6 is 0 Å². The average Bonchev–Trinajstić information content (AvgIpc) is 3.00. The fraction of sp³-hybridized carbons (Fsp3) is 0.409. The standard InChI is InChI=1S/C22H27N3O2/c1-3-12-25-18-9-5-4-8-17(18)21(22(25)26)24-15-13-23(14-16-24)19-10-6-7-11-20(19)27-2/h4-11,21H,3,12-16H2,1-2H3. The van der Waals surface area contributed by atoms with Gasteiger partial charge in [0.25, 0.3) is 0 Å². The van der Waals surface area contributed by atoms with Crippen LogP contribution in [0.25, 0.3) is 0 Å². The summed E-state index contributed by atoms with van der Waals surface area (Å²) in [5, 5.41) is 0. The number of methoxy groups -OCH3 is 1. The number of ether oxygens (including phenoxy) is 1. The molecule has 0 aliphatic carbocycles. The molecule has 1 atom stereocenters. The molecule has 4 rings (SSSR count). The van der Waals surface area contributed by atoms with Gasteiger partial charge in [-0.05, 0) is 24.6 Å². The number of nitrogens with zero attached hydrogens (tertiary/aromatic N) is 3. The molecule has 2 heterocycles. The molecule has 1 amide bonds. The lowest BCUT2D eigenvalue weighted by atomic mass is 10.1. The molecule has 0 radical (unpaired) electrons. The summed E-state index contributed by atoms with van der Waals surface area (Å²) < 4.78 is 5.51. The highest BCUT2D eigenvalue weighted by molar-refractivity contribution is 6.04. The molecule has 1 saturated heterocycles. The van der Waals surface area contributed by atoms with Crippen molar-refractivity contribution in [2.24, 2.45) is 0 Å². The Bertz CT molecular complexity index is 815. The van der Waals surface area contributed by atoms with Gasteiger partial charge in [0.2, 0.25) is 5.91 Å². The van der Waals surface area contributed by atoms with Gasteiger partial charge in [-0.3, -0.25) is 9.69 Å². The van der Waals surface area contributed by atoms with Crippen LogP contribution < -0.4 is 14.5 Å². The summed E-state index contributed by atoms with van der Waals surface area (Å²) in [6, 6.07) is 16.3. The first kappa shape index (κ1) is 17.9. The quantitative estimate of drug-likeness (QED) is 0.814. The predicted molar refractivity (Wildman–Crippen MR) is 109 cm³/mol. The van der Waals surface area contributed by atoms with E-state index in [1.54, 1.807) is 7.11 Å². The Morgan fingerprint density at radius 2 is 1.63 bits per heavy atom. The van der Waals surface area contributed by atoms with Gasteiger partial charge in [0, 0.05) is 44.0 Å². The van der Waals surface area contributed by atoms with E-state index >= 15 is 0 Å². The van der Waals surface area contributed by atoms with Crippen LogP contribution in [0.15, 0.2) is 48.5 Å². The number of benzene rings is 2. The minimum atomic E-state index is -0.146. The number of hydrogen-bond acceptors (Lipinski definition) is 4. The van der Waals surface area contributed by atoms with E-state index in [1.807, 2.05) is 35.2 Å². The number of para-hydroxylation sites is 3. The lowest BCUT2D eigenvalue weighted by Crippen LogP contribution is -2.50. The number of carbonyl (C=O) groups excluding carboxylic acids is 1. The first-order valence-electron chi connectivity index (χ1n) is 9.77. The van der Waals surface area contributed by atoms with Crippen LogP contribution in [0, 0.1) is 0 Å². The summed E-state index contributed by atoms with van der Waals surface area (Å²) in [6.07, 6.45) is 0.967. The minimum absolute atomic E-state index is 0.146. The van der Waals surface area contributed by atoms with Gasteiger partial charge in [-0.2, -0.15) is 0 Å². The molecule has 2 aliphatic rings. The number of hydrogen-bond donors (Lipinski definition) is 0. The second-order valence-electron chi connectivity index (χ2n) is 7.15. The highest BCUT2D eigenvalue weighted by atomic mass is 16.5. The number of anilines is 2. The number of rotatable bonds is 5. The van der Waals surface area contributed by atoms with Gasteiger partial charge in [0.15, 0.2) is 0 Å². The molecule has 0 N–H and O–H groups in total. The van der Waals surface area contributed by atoms with E-state index in [0.717, 1.165) is 61.8 Å². The van der Waals surface area contributed by atoms with Gasteiger partial charge in [-0.25, -0.2) is 0 Å². The van der Waals surface area contributed by atoms with Crippen LogP contribution in [-0.4, -0.2) is 50.6 Å². The summed E-state index contributed by atoms with van der Waals surface area (Å²) in [5.41, 5.74) is 3.37. The predicted octanol–water partition coefficient (Wildman–Crippen LogP) is 3.32. The van der Waals surface area contributed by atoms with Crippen LogP contribution in [0.4, 0.5) is 11.4 Å². The van der Waals surface area contributed by atoms with E-state index in [0.29, 0.717) is 0 Å². The van der Waals surface area contributed by atoms with Crippen LogP contribution in [0.1, 0.15) is 24.9 Å². The molecule has 142 valence electrons. The maximum Gasteiger partial charge on any atom is 0.249 e. The lowest BCUT2D eigenvalue weighted by Gasteiger charge is -2.39. The average molecular weight is 365 g/mol. The molecule has 5 nitrogen and oxygen atoms in total. The molecule has 0 spiro atoms. The van der Waals surface area contributed by atoms with Gasteiger partial charge in [-0.15, -0.1) is 0 Å². The largest absolute Gasteiger partial charge is 0.495 e. The van der Waals surface area contributed by atoms with Crippen LogP contribution in [-0.2, 0) is 4.79 Å². The van der Waals surface area contributed by atoms with Gasteiger partial charge < -0.3 is 14.5 Å². The zero-order valence-corrected chi connectivity index (χ0v) is 16.1. The molecule has 27 heavy (non-hydrogen) atoms. The van der Waals surface area contributed by atoms with Gasteiger partial charge in [0.1, 0.15) is 11.8 Å². The Balaban J connectivity index is 1.52. The Morgan fingerprint density at radius 3 is 2.33 bits per heavy atom. The van der Waals surface area contributed by atoms with Crippen molar-refractivity contribution in [1.82, 2.24) is 4.90 Å². The summed E-state index contributed by atoms with van der Waals surface area (Å²) in [6.45, 7) is 6.41. The van der Waals surface area contributed by atoms with Crippen molar-refractivity contribution in [3.63, 3.8) is 0 Å². The van der Waals surface area contributed by atoms with E-state index in [-0.39, 0.29) is 11.9 Å². The van der Waals surface area contributed by atoms with Crippen molar-refractivity contribution >= 4 is 17.3 Å². The molecule has 1 unspecified atom stereocenters. The minimum Gasteiger partial charge on any atom is -0.495 e. The molecule has 0 bridgehead atoms. The zero-order chi connectivity index (χ0) is 18.8. The first-order chi connectivity index (χ1) is 13.2. The topological polar surface area (TPSA) is 36.0 Å². The Labute approximate surface area is 161 Å². The van der Waals surface area contributed by atoms with E-state index in [9.17, 15) is 4.79 Å². The lowest BCUT2D eigenvalue weighted by molar-refractivity contribution is -0.123. The Kier molecular flexibility index (Phi) is 5.03. The maximum atomic E-state index is 13.2. The molecule has 5 heteroatoms. The molecular formula is C22H27N3O2. The summed E-state index contributed by atoms with van der Waals surface area (Å²) in [4.78, 5) is 19.8. The number of amides is 1. The molecule has 2 aliphatic heterocycles. The van der Waals surface area contributed by atoms with Crippen molar-refractivity contribution in [1.29, 1.82) is 0 Å². The second kappa shape index (κ2) is 7.61. The van der Waals surface area contributed by atoms with Gasteiger partial charge >= 0.3 is 0 Å². The SMILES string of the molecule is CCCN1C(=O)C(N2CCN(c3ccccc3OC)CC2)c2ccccc21. The molecule has 1 fully saturated rings. The fourth-order valence-corrected chi connectivity index (χ4v) is 4.28. The number of fused-ring (bicyclic) bond motifs is 1. The van der Waals surface area contributed by atoms with Crippen molar-refractivity contribution < 1.29 is 9.53 Å².